The predicted molar refractivity (Wildman–Crippen MR) is 294 cm³/mol. The maximum Gasteiger partial charge on any atom is 0.0547 e. The molecule has 0 amide bonds. The largest absolute Gasteiger partial charge is 0.311 e. The quantitative estimate of drug-likeness (QED) is 0.151. The van der Waals surface area contributed by atoms with Crippen LogP contribution < -0.4 is 9.80 Å². The Hall–Kier alpha value is -8.14. The molecule has 0 saturated heterocycles. The summed E-state index contributed by atoms with van der Waals surface area (Å²) in [7, 11) is 0. The summed E-state index contributed by atoms with van der Waals surface area (Å²) >= 11 is 0. The van der Waals surface area contributed by atoms with Gasteiger partial charge in [0, 0.05) is 56.0 Å². The molecule has 1 aromatic heterocycles. The smallest absolute Gasteiger partial charge is 0.0547 e. The van der Waals surface area contributed by atoms with E-state index in [4.69, 9.17) is 0 Å². The normalized spacial score (nSPS) is 12.9. The van der Waals surface area contributed by atoms with Gasteiger partial charge >= 0.3 is 0 Å². The lowest BCUT2D eigenvalue weighted by Crippen LogP contribution is -2.16. The van der Waals surface area contributed by atoms with Crippen molar-refractivity contribution in [1.82, 2.24) is 4.57 Å². The van der Waals surface area contributed by atoms with E-state index in [9.17, 15) is 0 Å². The second kappa shape index (κ2) is 16.3. The van der Waals surface area contributed by atoms with Crippen molar-refractivity contribution in [2.45, 2.75) is 52.4 Å². The number of hydrogen-bond donors (Lipinski definition) is 0. The van der Waals surface area contributed by atoms with E-state index in [0.29, 0.717) is 0 Å². The Balaban J connectivity index is 0.971. The van der Waals surface area contributed by atoms with Crippen molar-refractivity contribution >= 4 is 66.7 Å². The number of rotatable bonds is 8. The summed E-state index contributed by atoms with van der Waals surface area (Å²) in [5.41, 5.74) is 20.5. The van der Waals surface area contributed by atoms with Crippen molar-refractivity contribution < 1.29 is 0 Å². The van der Waals surface area contributed by atoms with Crippen molar-refractivity contribution in [3.8, 4) is 27.9 Å². The zero-order valence-electron chi connectivity index (χ0n) is 40.2. The van der Waals surface area contributed by atoms with Gasteiger partial charge in [-0.25, -0.2) is 0 Å². The number of benzene rings is 10. The van der Waals surface area contributed by atoms with E-state index in [0.717, 1.165) is 39.8 Å². The lowest BCUT2D eigenvalue weighted by atomic mass is 9.82. The molecule has 0 radical (unpaired) electrons. The number of nitrogens with zero attached hydrogens (tertiary/aromatic N) is 3. The fourth-order valence-corrected chi connectivity index (χ4v) is 10.9. The molecule has 0 spiro atoms. The molecule has 0 N–H and O–H groups in total. The summed E-state index contributed by atoms with van der Waals surface area (Å²) in [6, 6.07) is 83.1. The third-order valence-corrected chi connectivity index (χ3v) is 14.6. The van der Waals surface area contributed by atoms with Crippen LogP contribution in [-0.4, -0.2) is 4.57 Å². The highest BCUT2D eigenvalue weighted by Gasteiger charge is 2.36. The summed E-state index contributed by atoms with van der Waals surface area (Å²) < 4.78 is 2.41. The minimum Gasteiger partial charge on any atom is -0.311 e. The maximum atomic E-state index is 2.42. The summed E-state index contributed by atoms with van der Waals surface area (Å²) in [6.07, 6.45) is 0. The highest BCUT2D eigenvalue weighted by molar-refractivity contribution is 6.22. The molecule has 3 heteroatoms. The Kier molecular flexibility index (Phi) is 9.97. The number of aryl methyl sites for hydroxylation is 1. The van der Waals surface area contributed by atoms with Crippen LogP contribution in [0.1, 0.15) is 56.9 Å². The Bertz CT molecular complexity index is 3700. The van der Waals surface area contributed by atoms with Gasteiger partial charge in [-0.3, -0.25) is 0 Å². The minimum absolute atomic E-state index is 0.0687. The minimum atomic E-state index is -0.133. The molecule has 0 atom stereocenters. The summed E-state index contributed by atoms with van der Waals surface area (Å²) in [5, 5.41) is 5.05. The Morgan fingerprint density at radius 1 is 0.406 bits per heavy atom. The topological polar surface area (TPSA) is 11.4 Å². The van der Waals surface area contributed by atoms with Crippen LogP contribution in [0.15, 0.2) is 224 Å². The van der Waals surface area contributed by atoms with E-state index in [1.807, 2.05) is 0 Å². The average Bonchev–Trinajstić information content (AvgIpc) is 3.83. The number of fused-ring (bicyclic) bond motifs is 8. The highest BCUT2D eigenvalue weighted by Crippen LogP contribution is 2.51. The molecule has 0 fully saturated rings. The van der Waals surface area contributed by atoms with Crippen molar-refractivity contribution in [2.24, 2.45) is 0 Å². The van der Waals surface area contributed by atoms with Gasteiger partial charge in [0.2, 0.25) is 0 Å². The Morgan fingerprint density at radius 3 is 1.61 bits per heavy atom. The molecule has 0 bridgehead atoms. The molecule has 0 aliphatic heterocycles. The maximum absolute atomic E-state index is 2.42. The molecule has 1 heterocycles. The highest BCUT2D eigenvalue weighted by atomic mass is 15.2. The van der Waals surface area contributed by atoms with Gasteiger partial charge in [0.15, 0.2) is 0 Å². The predicted octanol–water partition coefficient (Wildman–Crippen LogP) is 18.5. The third-order valence-electron chi connectivity index (χ3n) is 14.6. The lowest BCUT2D eigenvalue weighted by Gasteiger charge is -2.30. The fraction of sp³-hybridized carbons (Fsp3) is 0.121. The van der Waals surface area contributed by atoms with Gasteiger partial charge in [-0.1, -0.05) is 162 Å². The number of anilines is 6. The first-order chi connectivity index (χ1) is 33.5. The van der Waals surface area contributed by atoms with E-state index in [1.54, 1.807) is 0 Å². The number of aromatic nitrogens is 1. The molecule has 3 nitrogen and oxygen atoms in total. The van der Waals surface area contributed by atoms with Gasteiger partial charge in [0.05, 0.1) is 11.0 Å². The second-order valence-electron chi connectivity index (χ2n) is 20.4. The van der Waals surface area contributed by atoms with E-state index < -0.39 is 0 Å². The molecular weight excluding hydrogens is 835 g/mol. The van der Waals surface area contributed by atoms with Crippen molar-refractivity contribution in [1.29, 1.82) is 0 Å². The molecule has 0 saturated carbocycles. The van der Waals surface area contributed by atoms with E-state index in [-0.39, 0.29) is 10.8 Å². The van der Waals surface area contributed by atoms with Crippen LogP contribution in [0.5, 0.6) is 0 Å². The molecule has 69 heavy (non-hydrogen) atoms. The van der Waals surface area contributed by atoms with Crippen LogP contribution in [0.2, 0.25) is 0 Å². The summed E-state index contributed by atoms with van der Waals surface area (Å²) in [5.74, 6) is 0. The van der Waals surface area contributed by atoms with Crippen LogP contribution in [-0.2, 0) is 10.8 Å². The van der Waals surface area contributed by atoms with E-state index in [2.05, 4.69) is 280 Å². The molecular formula is C66H55N3. The first-order valence-electron chi connectivity index (χ1n) is 24.3. The van der Waals surface area contributed by atoms with Gasteiger partial charge in [0.1, 0.15) is 0 Å². The second-order valence-corrected chi connectivity index (χ2v) is 20.4. The molecule has 0 unspecified atom stereocenters. The van der Waals surface area contributed by atoms with Crippen LogP contribution in [0.4, 0.5) is 34.1 Å². The van der Waals surface area contributed by atoms with Crippen LogP contribution in [0, 0.1) is 6.92 Å². The van der Waals surface area contributed by atoms with Gasteiger partial charge in [-0.15, -0.1) is 0 Å². The zero-order chi connectivity index (χ0) is 47.0. The first kappa shape index (κ1) is 42.2. The van der Waals surface area contributed by atoms with Gasteiger partial charge in [0.25, 0.3) is 0 Å². The van der Waals surface area contributed by atoms with Crippen LogP contribution in [0.25, 0.3) is 60.5 Å². The molecule has 12 rings (SSSR count). The molecule has 1 aliphatic carbocycles. The standard InChI is InChI=1S/C66H55N3/c1-44-20-28-50(29-21-44)67(52-32-26-48(27-33-52)65(2,3)4)53-34-36-54(37-35-53)68(55-38-39-58-57-18-12-13-19-60(57)66(5,6)61(58)43-55)51-30-22-45(23-31-51)47-25-40-62-59(42-47)64-56-17-11-10-14-46(56)24-41-63(64)69(62)49-15-8-7-9-16-49/h7-43H,1-6H3. The molecule has 1 aliphatic rings. The van der Waals surface area contributed by atoms with Crippen molar-refractivity contribution in [2.75, 3.05) is 9.80 Å². The fourth-order valence-electron chi connectivity index (χ4n) is 10.9. The zero-order valence-corrected chi connectivity index (χ0v) is 40.2. The number of hydrogen-bond acceptors (Lipinski definition) is 2. The molecule has 11 aromatic rings. The third kappa shape index (κ3) is 7.20. The first-order valence-corrected chi connectivity index (χ1v) is 24.3. The summed E-state index contributed by atoms with van der Waals surface area (Å²) in [4.78, 5) is 4.78. The average molecular weight is 890 g/mol. The molecule has 334 valence electrons. The summed E-state index contributed by atoms with van der Waals surface area (Å²) in [6.45, 7) is 13.7. The van der Waals surface area contributed by atoms with E-state index >= 15 is 0 Å². The van der Waals surface area contributed by atoms with Crippen molar-refractivity contribution in [3.63, 3.8) is 0 Å². The van der Waals surface area contributed by atoms with Gasteiger partial charge in [-0.05, 0) is 165 Å². The van der Waals surface area contributed by atoms with Gasteiger partial charge in [-0.2, -0.15) is 0 Å². The Labute approximate surface area is 406 Å². The van der Waals surface area contributed by atoms with Crippen LogP contribution in [0.3, 0.4) is 0 Å². The monoisotopic (exact) mass is 889 g/mol. The SMILES string of the molecule is Cc1ccc(N(c2ccc(N(c3ccc(-c4ccc5c(c4)c4c6ccccc6ccc4n5-c4ccccc4)cc3)c3ccc4c(c3)C(C)(C)c3ccccc3-4)cc2)c2ccc(C(C)(C)C)cc2)cc1. The van der Waals surface area contributed by atoms with Crippen molar-refractivity contribution in [3.05, 3.63) is 247 Å². The lowest BCUT2D eigenvalue weighted by molar-refractivity contribution is 0.590. The number of para-hydroxylation sites is 1. The van der Waals surface area contributed by atoms with Gasteiger partial charge < -0.3 is 14.4 Å². The van der Waals surface area contributed by atoms with E-state index in [1.165, 1.54) is 77.1 Å². The Morgan fingerprint density at radius 2 is 0.928 bits per heavy atom. The molecule has 10 aromatic carbocycles. The van der Waals surface area contributed by atoms with Crippen LogP contribution >= 0.6 is 0 Å².